The molecule has 0 bridgehead atoms. The topological polar surface area (TPSA) is 94.5 Å². The number of fused-ring (bicyclic) bond motifs is 1. The Labute approximate surface area is 218 Å². The Kier molecular flexibility index (Phi) is 6.76. The summed E-state index contributed by atoms with van der Waals surface area (Å²) >= 11 is 0. The van der Waals surface area contributed by atoms with Crippen LogP contribution in [-0.4, -0.2) is 82.7 Å². The Balaban J connectivity index is 1.43. The van der Waals surface area contributed by atoms with Crippen LogP contribution >= 0.6 is 0 Å². The van der Waals surface area contributed by atoms with Gasteiger partial charge in [-0.2, -0.15) is 9.97 Å². The third-order valence-electron chi connectivity index (χ3n) is 7.11. The standard InChI is InChI=1S/C27H37N9O/c1-6-22(37)29-20-11-12-35(17-20)26-31-24(23-25(32-26)36(18-28-23)27(2,3)4)30-19-7-9-21(10-8-19)34-15-13-33(5)14-16-34/h6-10,18,20H,1,11-17H2,2-5H3,(H,29,37)(H,30,31,32). The molecule has 1 atom stereocenters. The Bertz CT molecular complexity index is 1270. The number of nitrogens with zero attached hydrogens (tertiary/aromatic N) is 7. The van der Waals surface area contributed by atoms with E-state index in [1.807, 2.05) is 6.33 Å². The predicted molar refractivity (Wildman–Crippen MR) is 149 cm³/mol. The molecule has 3 aromatic rings. The molecule has 2 fully saturated rings. The van der Waals surface area contributed by atoms with E-state index < -0.39 is 0 Å². The maximum absolute atomic E-state index is 11.8. The van der Waals surface area contributed by atoms with Crippen LogP contribution in [0.4, 0.5) is 23.1 Å². The highest BCUT2D eigenvalue weighted by atomic mass is 16.1. The largest absolute Gasteiger partial charge is 0.369 e. The molecule has 196 valence electrons. The fourth-order valence-electron chi connectivity index (χ4n) is 4.88. The highest BCUT2D eigenvalue weighted by molar-refractivity contribution is 5.88. The van der Waals surface area contributed by atoms with Crippen molar-refractivity contribution in [3.8, 4) is 0 Å². The van der Waals surface area contributed by atoms with E-state index in [0.29, 0.717) is 18.3 Å². The van der Waals surface area contributed by atoms with Gasteiger partial charge in [0.1, 0.15) is 0 Å². The van der Waals surface area contributed by atoms with Crippen molar-refractivity contribution in [3.63, 3.8) is 0 Å². The molecule has 1 unspecified atom stereocenters. The Morgan fingerprint density at radius 3 is 2.46 bits per heavy atom. The third-order valence-corrected chi connectivity index (χ3v) is 7.11. The van der Waals surface area contributed by atoms with Gasteiger partial charge in [-0.25, -0.2) is 4.98 Å². The van der Waals surface area contributed by atoms with Crippen LogP contribution in [0.15, 0.2) is 43.2 Å². The van der Waals surface area contributed by atoms with Crippen LogP contribution in [0.5, 0.6) is 0 Å². The molecule has 0 spiro atoms. The lowest BCUT2D eigenvalue weighted by Crippen LogP contribution is -2.44. The Hall–Kier alpha value is -3.66. The van der Waals surface area contributed by atoms with Crippen molar-refractivity contribution in [3.05, 3.63) is 43.2 Å². The SMILES string of the molecule is C=CC(=O)NC1CCN(c2nc(Nc3ccc(N4CCN(C)CC4)cc3)c3ncn(C(C)(C)C)c3n2)C1. The molecular formula is C27H37N9O. The van der Waals surface area contributed by atoms with Gasteiger partial charge in [-0.05, 0) is 64.6 Å². The van der Waals surface area contributed by atoms with Gasteiger partial charge in [-0.1, -0.05) is 6.58 Å². The Morgan fingerprint density at radius 2 is 1.78 bits per heavy atom. The van der Waals surface area contributed by atoms with Gasteiger partial charge in [0.2, 0.25) is 11.9 Å². The third kappa shape index (κ3) is 5.39. The number of piperazine rings is 1. The van der Waals surface area contributed by atoms with Crippen molar-refractivity contribution < 1.29 is 4.79 Å². The van der Waals surface area contributed by atoms with Crippen LogP contribution < -0.4 is 20.4 Å². The average molecular weight is 504 g/mol. The van der Waals surface area contributed by atoms with Crippen LogP contribution in [0, 0.1) is 0 Å². The van der Waals surface area contributed by atoms with Gasteiger partial charge < -0.3 is 29.9 Å². The number of likely N-dealkylation sites (N-methyl/N-ethyl adjacent to an activating group) is 1. The lowest BCUT2D eigenvalue weighted by Gasteiger charge is -2.34. The number of imidazole rings is 1. The minimum Gasteiger partial charge on any atom is -0.369 e. The lowest BCUT2D eigenvalue weighted by atomic mass is 10.1. The molecule has 2 aliphatic rings. The van der Waals surface area contributed by atoms with E-state index in [1.165, 1.54) is 11.8 Å². The molecule has 37 heavy (non-hydrogen) atoms. The second-order valence-electron chi connectivity index (χ2n) is 10.9. The molecule has 2 N–H and O–H groups in total. The van der Waals surface area contributed by atoms with Crippen molar-refractivity contribution in [2.75, 3.05) is 61.4 Å². The molecule has 10 nitrogen and oxygen atoms in total. The average Bonchev–Trinajstić information content (AvgIpc) is 3.52. The van der Waals surface area contributed by atoms with Gasteiger partial charge in [0.25, 0.3) is 0 Å². The van der Waals surface area contributed by atoms with Crippen molar-refractivity contribution in [2.24, 2.45) is 0 Å². The Morgan fingerprint density at radius 1 is 1.05 bits per heavy atom. The molecule has 1 aromatic carbocycles. The number of carbonyl (C=O) groups excluding carboxylic acids is 1. The highest BCUT2D eigenvalue weighted by Gasteiger charge is 2.28. The summed E-state index contributed by atoms with van der Waals surface area (Å²) in [7, 11) is 2.17. The van der Waals surface area contributed by atoms with Crippen LogP contribution in [0.3, 0.4) is 0 Å². The number of benzene rings is 1. The molecule has 1 amide bonds. The van der Waals surface area contributed by atoms with Crippen LogP contribution in [0.2, 0.25) is 0 Å². The summed E-state index contributed by atoms with van der Waals surface area (Å²) in [6.45, 7) is 15.6. The molecule has 4 heterocycles. The number of nitrogens with one attached hydrogen (secondary N) is 2. The summed E-state index contributed by atoms with van der Waals surface area (Å²) in [5, 5.41) is 6.49. The van der Waals surface area contributed by atoms with Crippen molar-refractivity contribution >= 4 is 40.2 Å². The van der Waals surface area contributed by atoms with Gasteiger partial charge in [-0.15, -0.1) is 0 Å². The normalized spacial score (nSPS) is 18.9. The fourth-order valence-corrected chi connectivity index (χ4v) is 4.88. The zero-order chi connectivity index (χ0) is 26.2. The molecule has 2 aromatic heterocycles. The first-order valence-corrected chi connectivity index (χ1v) is 13.0. The molecule has 10 heteroatoms. The smallest absolute Gasteiger partial charge is 0.243 e. The summed E-state index contributed by atoms with van der Waals surface area (Å²) in [6, 6.07) is 8.55. The van der Waals surface area contributed by atoms with Gasteiger partial charge >= 0.3 is 0 Å². The van der Waals surface area contributed by atoms with Gasteiger partial charge in [0.15, 0.2) is 17.0 Å². The highest BCUT2D eigenvalue weighted by Crippen LogP contribution is 2.30. The van der Waals surface area contributed by atoms with Crippen LogP contribution in [-0.2, 0) is 10.3 Å². The number of rotatable bonds is 6. The number of aromatic nitrogens is 4. The van der Waals surface area contributed by atoms with Crippen LogP contribution in [0.1, 0.15) is 27.2 Å². The van der Waals surface area contributed by atoms with Crippen LogP contribution in [0.25, 0.3) is 11.2 Å². The van der Waals surface area contributed by atoms with Crippen molar-refractivity contribution in [1.29, 1.82) is 0 Å². The summed E-state index contributed by atoms with van der Waals surface area (Å²) < 4.78 is 2.09. The van der Waals surface area contributed by atoms with E-state index in [-0.39, 0.29) is 17.5 Å². The minimum atomic E-state index is -0.187. The number of hydrogen-bond donors (Lipinski definition) is 2. The lowest BCUT2D eigenvalue weighted by molar-refractivity contribution is -0.117. The van der Waals surface area contributed by atoms with E-state index in [9.17, 15) is 4.79 Å². The maximum atomic E-state index is 11.8. The molecule has 5 rings (SSSR count). The first-order valence-electron chi connectivity index (χ1n) is 13.0. The first kappa shape index (κ1) is 25.0. The number of carbonyl (C=O) groups is 1. The monoisotopic (exact) mass is 503 g/mol. The van der Waals surface area contributed by atoms with Gasteiger partial charge in [0.05, 0.1) is 6.33 Å². The molecule has 0 saturated carbocycles. The number of hydrogen-bond acceptors (Lipinski definition) is 8. The van der Waals surface area contributed by atoms with E-state index in [0.717, 1.165) is 56.0 Å². The zero-order valence-electron chi connectivity index (χ0n) is 22.2. The summed E-state index contributed by atoms with van der Waals surface area (Å²) in [5.74, 6) is 1.15. The molecule has 0 radical (unpaired) electrons. The summed E-state index contributed by atoms with van der Waals surface area (Å²) in [4.78, 5) is 33.2. The predicted octanol–water partition coefficient (Wildman–Crippen LogP) is 2.96. The molecular weight excluding hydrogens is 466 g/mol. The second-order valence-corrected chi connectivity index (χ2v) is 10.9. The van der Waals surface area contributed by atoms with E-state index in [4.69, 9.17) is 9.97 Å². The summed E-state index contributed by atoms with van der Waals surface area (Å²) in [6.07, 6.45) is 3.97. The van der Waals surface area contributed by atoms with E-state index in [2.05, 4.69) is 93.5 Å². The molecule has 2 saturated heterocycles. The number of amides is 1. The minimum absolute atomic E-state index is 0.0378. The van der Waals surface area contributed by atoms with Crippen molar-refractivity contribution in [2.45, 2.75) is 38.8 Å². The number of anilines is 4. The second kappa shape index (κ2) is 10.0. The van der Waals surface area contributed by atoms with E-state index >= 15 is 0 Å². The fraction of sp³-hybridized carbons (Fsp3) is 0.481. The molecule has 0 aliphatic carbocycles. The van der Waals surface area contributed by atoms with Gasteiger partial charge in [-0.3, -0.25) is 4.79 Å². The van der Waals surface area contributed by atoms with Gasteiger partial charge in [0, 0.05) is 62.2 Å². The summed E-state index contributed by atoms with van der Waals surface area (Å²) in [5.41, 5.74) is 3.51. The quantitative estimate of drug-likeness (QED) is 0.496. The van der Waals surface area contributed by atoms with E-state index in [1.54, 1.807) is 0 Å². The molecule has 2 aliphatic heterocycles. The zero-order valence-corrected chi connectivity index (χ0v) is 22.2. The first-order chi connectivity index (χ1) is 17.7. The van der Waals surface area contributed by atoms with Crippen molar-refractivity contribution in [1.82, 2.24) is 29.7 Å². The maximum Gasteiger partial charge on any atom is 0.243 e.